The molecule has 0 saturated heterocycles. The van der Waals surface area contributed by atoms with Gasteiger partial charge in [0.25, 0.3) is 5.89 Å². The molecule has 0 fully saturated rings. The number of nitrogens with zero attached hydrogens (tertiary/aromatic N) is 3. The third-order valence-electron chi connectivity index (χ3n) is 2.15. The van der Waals surface area contributed by atoms with E-state index in [-0.39, 0.29) is 6.04 Å². The Morgan fingerprint density at radius 1 is 1.59 bits per heavy atom. The maximum absolute atomic E-state index is 5.87. The number of hydrogen-bond donors (Lipinski definition) is 2. The summed E-state index contributed by atoms with van der Waals surface area (Å²) in [5, 5.41) is 10.4. The van der Waals surface area contributed by atoms with E-state index >= 15 is 0 Å². The molecule has 0 spiro atoms. The Morgan fingerprint density at radius 3 is 3.18 bits per heavy atom. The second kappa shape index (κ2) is 5.55. The van der Waals surface area contributed by atoms with Crippen molar-refractivity contribution in [2.45, 2.75) is 19.4 Å². The lowest BCUT2D eigenvalue weighted by atomic mass is 10.3. The van der Waals surface area contributed by atoms with Crippen LogP contribution < -0.4 is 5.73 Å². The lowest BCUT2D eigenvalue weighted by molar-refractivity contribution is 0.119. The minimum absolute atomic E-state index is 0.373. The number of aromatic nitrogens is 4. The topological polar surface area (TPSA) is 103 Å². The van der Waals surface area contributed by atoms with Crippen LogP contribution in [0.15, 0.2) is 16.8 Å². The zero-order valence-electron chi connectivity index (χ0n) is 9.59. The van der Waals surface area contributed by atoms with Gasteiger partial charge in [-0.25, -0.2) is 0 Å². The molecule has 2 rings (SSSR count). The maximum Gasteiger partial charge on any atom is 0.275 e. The number of H-pyrrole nitrogens is 1. The van der Waals surface area contributed by atoms with E-state index in [4.69, 9.17) is 15.0 Å². The summed E-state index contributed by atoms with van der Waals surface area (Å²) in [5.74, 6) is 0.814. The van der Waals surface area contributed by atoms with Gasteiger partial charge in [-0.05, 0) is 12.5 Å². The normalized spacial score (nSPS) is 12.8. The Bertz CT molecular complexity index is 439. The van der Waals surface area contributed by atoms with Crippen LogP contribution in [0.2, 0.25) is 0 Å². The van der Waals surface area contributed by atoms with Crippen LogP contribution in [0.25, 0.3) is 11.6 Å². The fourth-order valence-corrected chi connectivity index (χ4v) is 1.30. The number of nitrogens with one attached hydrogen (secondary N) is 1. The van der Waals surface area contributed by atoms with Crippen LogP contribution in [0.5, 0.6) is 0 Å². The molecule has 7 nitrogen and oxygen atoms in total. The zero-order valence-corrected chi connectivity index (χ0v) is 9.59. The smallest absolute Gasteiger partial charge is 0.275 e. The maximum atomic E-state index is 5.87. The highest BCUT2D eigenvalue weighted by Gasteiger charge is 2.15. The molecule has 0 aromatic carbocycles. The van der Waals surface area contributed by atoms with Crippen molar-refractivity contribution in [2.75, 3.05) is 13.2 Å². The molecule has 2 aromatic heterocycles. The third-order valence-corrected chi connectivity index (χ3v) is 2.15. The van der Waals surface area contributed by atoms with Crippen molar-refractivity contribution in [3.8, 4) is 11.6 Å². The predicted molar refractivity (Wildman–Crippen MR) is 59.9 cm³/mol. The van der Waals surface area contributed by atoms with Crippen molar-refractivity contribution in [1.82, 2.24) is 20.3 Å². The molecule has 0 bridgehead atoms. The number of ether oxygens (including phenoxy) is 1. The van der Waals surface area contributed by atoms with E-state index in [1.54, 1.807) is 12.3 Å². The highest BCUT2D eigenvalue weighted by atomic mass is 16.5. The molecule has 0 radical (unpaired) electrons. The van der Waals surface area contributed by atoms with Gasteiger partial charge in [0.2, 0.25) is 0 Å². The first kappa shape index (κ1) is 11.7. The Hall–Kier alpha value is -1.73. The highest BCUT2D eigenvalue weighted by Crippen LogP contribution is 2.15. The molecule has 0 aliphatic rings. The number of nitrogens with two attached hydrogens (primary N) is 1. The molecular formula is C10H15N5O2. The first-order valence-corrected chi connectivity index (χ1v) is 5.48. The molecule has 7 heteroatoms. The van der Waals surface area contributed by atoms with Crippen LogP contribution >= 0.6 is 0 Å². The van der Waals surface area contributed by atoms with E-state index in [9.17, 15) is 0 Å². The second-order valence-electron chi connectivity index (χ2n) is 3.61. The average Bonchev–Trinajstić information content (AvgIpc) is 3.00. The highest BCUT2D eigenvalue weighted by molar-refractivity contribution is 5.44. The van der Waals surface area contributed by atoms with Crippen LogP contribution in [0.4, 0.5) is 0 Å². The summed E-state index contributed by atoms with van der Waals surface area (Å²) in [6.45, 7) is 3.10. The predicted octanol–water partition coefficient (Wildman–Crippen LogP) is 0.886. The summed E-state index contributed by atoms with van der Waals surface area (Å²) in [6, 6.07) is 1.37. The van der Waals surface area contributed by atoms with Crippen LogP contribution in [0.3, 0.4) is 0 Å². The van der Waals surface area contributed by atoms with Gasteiger partial charge in [-0.1, -0.05) is 12.1 Å². The lowest BCUT2D eigenvalue weighted by Gasteiger charge is -2.06. The summed E-state index contributed by atoms with van der Waals surface area (Å²) >= 11 is 0. The largest absolute Gasteiger partial charge is 0.379 e. The van der Waals surface area contributed by atoms with Gasteiger partial charge in [0.05, 0.1) is 12.6 Å². The lowest BCUT2D eigenvalue weighted by Crippen LogP contribution is -2.18. The van der Waals surface area contributed by atoms with Gasteiger partial charge in [-0.3, -0.25) is 5.10 Å². The molecule has 1 atom stereocenters. The first-order valence-electron chi connectivity index (χ1n) is 5.48. The van der Waals surface area contributed by atoms with Crippen molar-refractivity contribution < 1.29 is 9.26 Å². The molecule has 92 valence electrons. The monoisotopic (exact) mass is 237 g/mol. The molecule has 0 amide bonds. The molecule has 1 unspecified atom stereocenters. The first-order chi connectivity index (χ1) is 8.31. The van der Waals surface area contributed by atoms with Crippen molar-refractivity contribution in [2.24, 2.45) is 5.73 Å². The van der Waals surface area contributed by atoms with E-state index in [1.807, 2.05) is 6.92 Å². The summed E-state index contributed by atoms with van der Waals surface area (Å²) in [5.41, 5.74) is 6.54. The van der Waals surface area contributed by atoms with E-state index in [1.165, 1.54) is 0 Å². The van der Waals surface area contributed by atoms with Crippen LogP contribution in [0, 0.1) is 0 Å². The molecule has 0 aliphatic heterocycles. The number of rotatable bonds is 6. The fraction of sp³-hybridized carbons (Fsp3) is 0.500. The van der Waals surface area contributed by atoms with Crippen LogP contribution in [-0.4, -0.2) is 33.6 Å². The summed E-state index contributed by atoms with van der Waals surface area (Å²) in [4.78, 5) is 4.18. The van der Waals surface area contributed by atoms with E-state index < -0.39 is 0 Å². The Balaban J connectivity index is 1.98. The Morgan fingerprint density at radius 2 is 2.47 bits per heavy atom. The molecule has 2 heterocycles. The van der Waals surface area contributed by atoms with Gasteiger partial charge in [-0.15, -0.1) is 0 Å². The molecule has 2 aromatic rings. The van der Waals surface area contributed by atoms with Gasteiger partial charge in [0, 0.05) is 12.8 Å². The van der Waals surface area contributed by atoms with Crippen molar-refractivity contribution in [1.29, 1.82) is 0 Å². The van der Waals surface area contributed by atoms with E-state index in [0.717, 1.165) is 6.42 Å². The van der Waals surface area contributed by atoms with Crippen molar-refractivity contribution in [3.05, 3.63) is 18.1 Å². The van der Waals surface area contributed by atoms with Crippen LogP contribution in [0.1, 0.15) is 25.2 Å². The SMILES string of the molecule is CCCOCC(N)c1noc(-c2ccn[nH]2)n1. The standard InChI is InChI=1S/C10H15N5O2/c1-2-5-16-6-7(11)9-13-10(17-15-9)8-3-4-12-14-8/h3-4,7H,2,5-6,11H2,1H3,(H,12,14). The average molecular weight is 237 g/mol. The second-order valence-corrected chi connectivity index (χ2v) is 3.61. The Kier molecular flexibility index (Phi) is 3.84. The Labute approximate surface area is 98.3 Å². The van der Waals surface area contributed by atoms with Crippen molar-refractivity contribution in [3.63, 3.8) is 0 Å². The number of hydrogen-bond acceptors (Lipinski definition) is 6. The minimum Gasteiger partial charge on any atom is -0.379 e. The number of aromatic amines is 1. The zero-order chi connectivity index (χ0) is 12.1. The fourth-order valence-electron chi connectivity index (χ4n) is 1.30. The van der Waals surface area contributed by atoms with Gasteiger partial charge in [0.1, 0.15) is 5.69 Å². The molecular weight excluding hydrogens is 222 g/mol. The molecule has 0 saturated carbocycles. The van der Waals surface area contributed by atoms with Crippen molar-refractivity contribution >= 4 is 0 Å². The molecule has 3 N–H and O–H groups in total. The summed E-state index contributed by atoms with van der Waals surface area (Å²) < 4.78 is 10.4. The molecule has 0 aliphatic carbocycles. The molecule has 17 heavy (non-hydrogen) atoms. The van der Waals surface area contributed by atoms with Crippen LogP contribution in [-0.2, 0) is 4.74 Å². The van der Waals surface area contributed by atoms with E-state index in [0.29, 0.717) is 30.6 Å². The van der Waals surface area contributed by atoms with E-state index in [2.05, 4.69) is 20.3 Å². The van der Waals surface area contributed by atoms with Gasteiger partial charge >= 0.3 is 0 Å². The summed E-state index contributed by atoms with van der Waals surface area (Å²) in [6.07, 6.45) is 2.57. The summed E-state index contributed by atoms with van der Waals surface area (Å²) in [7, 11) is 0. The minimum atomic E-state index is -0.373. The van der Waals surface area contributed by atoms with Gasteiger partial charge < -0.3 is 15.0 Å². The van der Waals surface area contributed by atoms with Gasteiger partial charge in [-0.2, -0.15) is 10.1 Å². The third kappa shape index (κ3) is 2.89. The van der Waals surface area contributed by atoms with Gasteiger partial charge in [0.15, 0.2) is 5.82 Å². The quantitative estimate of drug-likeness (QED) is 0.723.